The van der Waals surface area contributed by atoms with Crippen LogP contribution in [0.4, 0.5) is 0 Å². The van der Waals surface area contributed by atoms with E-state index in [1.54, 1.807) is 0 Å². The predicted molar refractivity (Wildman–Crippen MR) is 362 cm³/mol. The number of likely N-dealkylation sites (N-methyl/N-ethyl adjacent to an activating group) is 1. The van der Waals surface area contributed by atoms with Gasteiger partial charge in [-0.25, -0.2) is 4.57 Å². The summed E-state index contributed by atoms with van der Waals surface area (Å²) < 4.78 is 34.6. The van der Waals surface area contributed by atoms with Crippen LogP contribution in [0, 0.1) is 0 Å². The fourth-order valence-electron chi connectivity index (χ4n) is 8.53. The van der Waals surface area contributed by atoms with Crippen molar-refractivity contribution in [3.8, 4) is 0 Å². The predicted octanol–water partition coefficient (Wildman–Crippen LogP) is 21.6. The Morgan fingerprint density at radius 1 is 0.369 bits per heavy atom. The van der Waals surface area contributed by atoms with E-state index in [0.717, 1.165) is 122 Å². The van der Waals surface area contributed by atoms with Gasteiger partial charge < -0.3 is 18.9 Å². The molecular weight excluding hydrogens is 1060 g/mol. The van der Waals surface area contributed by atoms with Gasteiger partial charge in [-0.05, 0) is 122 Å². The average molecular weight is 1190 g/mol. The number of allylic oxidation sites excluding steroid dienone is 26. The number of hydrogen-bond acceptors (Lipinski definition) is 7. The summed E-state index contributed by atoms with van der Waals surface area (Å²) in [4.78, 5) is 35.8. The Balaban J connectivity index is 4.06. The van der Waals surface area contributed by atoms with Crippen molar-refractivity contribution in [2.45, 2.75) is 251 Å². The monoisotopic (exact) mass is 1180 g/mol. The maximum atomic E-state index is 12.9. The van der Waals surface area contributed by atoms with Crippen molar-refractivity contribution >= 4 is 19.8 Å². The summed E-state index contributed by atoms with van der Waals surface area (Å²) in [5.74, 6) is -0.841. The van der Waals surface area contributed by atoms with Gasteiger partial charge in [0.25, 0.3) is 0 Å². The summed E-state index contributed by atoms with van der Waals surface area (Å²) in [5, 5.41) is 0. The number of ether oxygens (including phenoxy) is 2. The van der Waals surface area contributed by atoms with Crippen molar-refractivity contribution in [1.82, 2.24) is 0 Å². The van der Waals surface area contributed by atoms with Gasteiger partial charge in [-0.15, -0.1) is 0 Å². The maximum Gasteiger partial charge on any atom is 0.472 e. The Morgan fingerprint density at radius 3 is 0.964 bits per heavy atom. The first kappa shape index (κ1) is 79.6. The molecule has 10 heteroatoms. The van der Waals surface area contributed by atoms with E-state index >= 15 is 0 Å². The molecule has 476 valence electrons. The van der Waals surface area contributed by atoms with Gasteiger partial charge in [0.05, 0.1) is 27.7 Å². The second kappa shape index (κ2) is 63.1. The van der Waals surface area contributed by atoms with Gasteiger partial charge in [0.2, 0.25) is 0 Å². The molecule has 9 nitrogen and oxygen atoms in total. The summed E-state index contributed by atoms with van der Waals surface area (Å²) in [6, 6.07) is 0. The van der Waals surface area contributed by atoms with Crippen LogP contribution in [0.1, 0.15) is 245 Å². The van der Waals surface area contributed by atoms with Crippen LogP contribution in [0.25, 0.3) is 0 Å². The number of unbranched alkanes of at least 4 members (excludes halogenated alkanes) is 19. The minimum atomic E-state index is -4.41. The molecule has 0 aliphatic rings. The molecule has 0 aromatic rings. The van der Waals surface area contributed by atoms with Crippen molar-refractivity contribution in [2.24, 2.45) is 0 Å². The summed E-state index contributed by atoms with van der Waals surface area (Å²) in [5.41, 5.74) is 0. The van der Waals surface area contributed by atoms with E-state index in [1.165, 1.54) is 83.5 Å². The van der Waals surface area contributed by atoms with E-state index in [1.807, 2.05) is 21.1 Å². The van der Waals surface area contributed by atoms with Gasteiger partial charge in [0.1, 0.15) is 19.8 Å². The van der Waals surface area contributed by atoms with Crippen LogP contribution >= 0.6 is 7.82 Å². The molecule has 0 radical (unpaired) electrons. The fourth-order valence-corrected chi connectivity index (χ4v) is 9.27. The average Bonchev–Trinajstić information content (AvgIpc) is 3.61. The number of esters is 2. The zero-order valence-corrected chi connectivity index (χ0v) is 55.0. The lowest BCUT2D eigenvalue weighted by molar-refractivity contribution is -0.870. The molecule has 0 spiro atoms. The van der Waals surface area contributed by atoms with Crippen LogP contribution in [0.2, 0.25) is 0 Å². The molecule has 0 saturated heterocycles. The Kier molecular flexibility index (Phi) is 59.9. The van der Waals surface area contributed by atoms with Crippen LogP contribution < -0.4 is 0 Å². The van der Waals surface area contributed by atoms with E-state index in [2.05, 4.69) is 172 Å². The maximum absolute atomic E-state index is 12.9. The molecule has 0 aliphatic carbocycles. The normalized spacial score (nSPS) is 14.2. The first-order valence-corrected chi connectivity index (χ1v) is 34.7. The molecule has 0 aromatic carbocycles. The number of phosphoric ester groups is 1. The molecule has 0 saturated carbocycles. The summed E-state index contributed by atoms with van der Waals surface area (Å²) in [6.07, 6.45) is 94.9. The van der Waals surface area contributed by atoms with Gasteiger partial charge in [-0.1, -0.05) is 268 Å². The van der Waals surface area contributed by atoms with Crippen molar-refractivity contribution < 1.29 is 42.1 Å². The standard InChI is InChI=1S/C74H122NO8P/c1-6-8-10-12-14-16-18-20-22-24-26-27-28-29-30-31-32-33-34-35-36-37-38-39-40-41-42-43-44-45-46-47-49-51-53-55-57-59-61-63-65-67-74(77)83-72(71-82-84(78,79)81-69-68-75(3,4)5)70-80-73(76)66-64-62-60-58-56-54-52-50-48-25-23-21-19-17-15-13-11-9-7-2/h8-11,14-17,20-23,26-27,29-30,32-33,35-36,38-39,48,50,54,56,72H,6-7,12-13,18-19,24-25,28,31,34,37,40-47,49,51-53,55,57-71H2,1-5H3/p+1/b10-8-,11-9-,16-14-,17-15-,22-20-,23-21-,27-26-,30-29-,33-32-,36-35-,39-38-,50-48-,56-54-. The molecule has 0 aliphatic heterocycles. The smallest absolute Gasteiger partial charge is 0.462 e. The highest BCUT2D eigenvalue weighted by atomic mass is 31.2. The minimum Gasteiger partial charge on any atom is -0.462 e. The number of carbonyl (C=O) groups excluding carboxylic acids is 2. The van der Waals surface area contributed by atoms with E-state index in [0.29, 0.717) is 23.9 Å². The quantitative estimate of drug-likeness (QED) is 0.0211. The minimum absolute atomic E-state index is 0.0193. The molecule has 0 rings (SSSR count). The summed E-state index contributed by atoms with van der Waals surface area (Å²) >= 11 is 0. The zero-order valence-electron chi connectivity index (χ0n) is 54.1. The third kappa shape index (κ3) is 66.8. The van der Waals surface area contributed by atoms with Gasteiger partial charge in [0, 0.05) is 12.8 Å². The number of phosphoric acid groups is 1. The second-order valence-electron chi connectivity index (χ2n) is 22.7. The van der Waals surface area contributed by atoms with E-state index < -0.39 is 32.5 Å². The zero-order chi connectivity index (χ0) is 61.2. The number of hydrogen-bond donors (Lipinski definition) is 1. The fraction of sp³-hybridized carbons (Fsp3) is 0.622. The van der Waals surface area contributed by atoms with Crippen LogP contribution in [0.3, 0.4) is 0 Å². The van der Waals surface area contributed by atoms with Crippen molar-refractivity contribution in [1.29, 1.82) is 0 Å². The summed E-state index contributed by atoms with van der Waals surface area (Å²) in [7, 11) is 1.44. The van der Waals surface area contributed by atoms with Crippen LogP contribution in [-0.4, -0.2) is 74.9 Å². The Bertz CT molecular complexity index is 1970. The largest absolute Gasteiger partial charge is 0.472 e. The highest BCUT2D eigenvalue weighted by Gasteiger charge is 2.27. The molecule has 2 atom stereocenters. The van der Waals surface area contributed by atoms with E-state index in [4.69, 9.17) is 18.5 Å². The van der Waals surface area contributed by atoms with Crippen LogP contribution in [0.15, 0.2) is 158 Å². The lowest BCUT2D eigenvalue weighted by Gasteiger charge is -2.24. The highest BCUT2D eigenvalue weighted by molar-refractivity contribution is 7.47. The Morgan fingerprint density at radius 2 is 0.643 bits per heavy atom. The first-order chi connectivity index (χ1) is 41.0. The molecule has 0 bridgehead atoms. The van der Waals surface area contributed by atoms with Crippen molar-refractivity contribution in [2.75, 3.05) is 47.5 Å². The Hall–Kier alpha value is -4.37. The first-order valence-electron chi connectivity index (χ1n) is 33.2. The second-order valence-corrected chi connectivity index (χ2v) is 24.2. The van der Waals surface area contributed by atoms with Gasteiger partial charge in [-0.2, -0.15) is 0 Å². The number of quaternary nitrogens is 1. The van der Waals surface area contributed by atoms with Gasteiger partial charge in [-0.3, -0.25) is 18.6 Å². The molecular formula is C74H123NO8P+. The SMILES string of the molecule is CC/C=C\C/C=C\C/C=C\C/C=C\C/C=C\C/C=C\C/C=C\C/C=C\CCCCCCCCCCCCCCCCCCC(=O)OC(COC(=O)CCCCC/C=C\C/C=C\C/C=C\C/C=C\C/C=C\CC)COP(=O)(O)OCC[N+](C)(C)C. The molecule has 1 N–H and O–H groups in total. The molecule has 84 heavy (non-hydrogen) atoms. The topological polar surface area (TPSA) is 108 Å². The number of nitrogens with zero attached hydrogens (tertiary/aromatic N) is 1. The molecule has 0 fully saturated rings. The summed E-state index contributed by atoms with van der Waals surface area (Å²) in [6.45, 7) is 4.16. The molecule has 0 amide bonds. The third-order valence-corrected chi connectivity index (χ3v) is 14.5. The third-order valence-electron chi connectivity index (χ3n) is 13.6. The molecule has 0 aromatic heterocycles. The van der Waals surface area contributed by atoms with E-state index in [-0.39, 0.29) is 26.1 Å². The lowest BCUT2D eigenvalue weighted by atomic mass is 10.0. The number of carbonyl (C=O) groups is 2. The van der Waals surface area contributed by atoms with E-state index in [9.17, 15) is 19.0 Å². The van der Waals surface area contributed by atoms with Crippen LogP contribution in [0.5, 0.6) is 0 Å². The van der Waals surface area contributed by atoms with Crippen LogP contribution in [-0.2, 0) is 32.7 Å². The number of rotatable bonds is 59. The van der Waals surface area contributed by atoms with Gasteiger partial charge in [0.15, 0.2) is 6.10 Å². The lowest BCUT2D eigenvalue weighted by Crippen LogP contribution is -2.37. The molecule has 0 heterocycles. The van der Waals surface area contributed by atoms with Gasteiger partial charge >= 0.3 is 19.8 Å². The Labute approximate surface area is 516 Å². The molecule has 2 unspecified atom stereocenters. The van der Waals surface area contributed by atoms with Crippen molar-refractivity contribution in [3.05, 3.63) is 158 Å². The highest BCUT2D eigenvalue weighted by Crippen LogP contribution is 2.43. The van der Waals surface area contributed by atoms with Crippen molar-refractivity contribution in [3.63, 3.8) is 0 Å².